The summed E-state index contributed by atoms with van der Waals surface area (Å²) in [5.74, 6) is 0. The lowest BCUT2D eigenvalue weighted by Crippen LogP contribution is -2.29. The van der Waals surface area contributed by atoms with Gasteiger partial charge >= 0.3 is 0 Å². The van der Waals surface area contributed by atoms with Gasteiger partial charge in [-0.15, -0.1) is 0 Å². The molecule has 2 aromatic carbocycles. The highest BCUT2D eigenvalue weighted by Crippen LogP contribution is 2.24. The van der Waals surface area contributed by atoms with Crippen LogP contribution in [0.5, 0.6) is 0 Å². The highest BCUT2D eigenvalue weighted by atomic mass is 15.1. The maximum Gasteiger partial charge on any atom is 0.0844 e. The quantitative estimate of drug-likeness (QED) is 0.380. The van der Waals surface area contributed by atoms with Crippen LogP contribution in [-0.4, -0.2) is 34.4 Å². The number of piperidine rings is 1. The van der Waals surface area contributed by atoms with Crippen molar-refractivity contribution in [3.63, 3.8) is 0 Å². The molecule has 1 saturated heterocycles. The van der Waals surface area contributed by atoms with Gasteiger partial charge in [-0.1, -0.05) is 42.8 Å². The van der Waals surface area contributed by atoms with Gasteiger partial charge < -0.3 is 11.1 Å². The smallest absolute Gasteiger partial charge is 0.0844 e. The van der Waals surface area contributed by atoms with Crippen molar-refractivity contribution in [2.75, 3.05) is 18.8 Å². The Labute approximate surface area is 184 Å². The summed E-state index contributed by atoms with van der Waals surface area (Å²) in [5.41, 5.74) is 12.0. The van der Waals surface area contributed by atoms with Crippen LogP contribution < -0.4 is 5.73 Å². The molecule has 0 bridgehead atoms. The molecule has 4 N–H and O–H groups in total. The van der Waals surface area contributed by atoms with E-state index in [1.54, 1.807) is 18.5 Å². The Morgan fingerprint density at radius 3 is 2.48 bits per heavy atom. The van der Waals surface area contributed by atoms with Gasteiger partial charge in [0, 0.05) is 42.2 Å². The van der Waals surface area contributed by atoms with Gasteiger partial charge in [0.2, 0.25) is 0 Å². The van der Waals surface area contributed by atoms with Crippen LogP contribution in [0.4, 0.5) is 5.69 Å². The van der Waals surface area contributed by atoms with Crippen LogP contribution in [0.15, 0.2) is 67.0 Å². The zero-order valence-corrected chi connectivity index (χ0v) is 17.8. The Hall–Kier alpha value is -3.31. The zero-order chi connectivity index (χ0) is 21.6. The van der Waals surface area contributed by atoms with Crippen molar-refractivity contribution in [3.8, 4) is 11.1 Å². The normalized spacial score (nSPS) is 14.3. The van der Waals surface area contributed by atoms with Gasteiger partial charge in [0.05, 0.1) is 11.4 Å². The van der Waals surface area contributed by atoms with E-state index in [1.165, 1.54) is 24.8 Å². The third kappa shape index (κ3) is 5.25. The molecule has 1 fully saturated rings. The third-order valence-corrected chi connectivity index (χ3v) is 5.85. The molecule has 5 heteroatoms. The van der Waals surface area contributed by atoms with E-state index < -0.39 is 0 Å². The van der Waals surface area contributed by atoms with Gasteiger partial charge in [-0.3, -0.25) is 15.3 Å². The molecule has 0 unspecified atom stereocenters. The molecular weight excluding hydrogens is 382 g/mol. The number of aromatic nitrogens is 1. The SMILES string of the molecule is N=C(Cc1cccc(CN2CCCCC2)c1)C(=N)c1cc(-c2cccnc2)ccc1N. The van der Waals surface area contributed by atoms with E-state index in [2.05, 4.69) is 28.1 Å². The van der Waals surface area contributed by atoms with Crippen LogP contribution in [-0.2, 0) is 13.0 Å². The van der Waals surface area contributed by atoms with E-state index in [1.807, 2.05) is 30.3 Å². The first-order valence-corrected chi connectivity index (χ1v) is 10.9. The van der Waals surface area contributed by atoms with Gasteiger partial charge in [0.25, 0.3) is 0 Å². The molecule has 158 valence electrons. The van der Waals surface area contributed by atoms with Crippen molar-refractivity contribution in [3.05, 3.63) is 83.7 Å². The summed E-state index contributed by atoms with van der Waals surface area (Å²) in [6.07, 6.45) is 7.84. The zero-order valence-electron chi connectivity index (χ0n) is 17.8. The number of benzene rings is 2. The first-order valence-electron chi connectivity index (χ1n) is 10.9. The summed E-state index contributed by atoms with van der Waals surface area (Å²) in [7, 11) is 0. The van der Waals surface area contributed by atoms with Crippen molar-refractivity contribution < 1.29 is 0 Å². The predicted molar refractivity (Wildman–Crippen MR) is 128 cm³/mol. The molecule has 3 aromatic rings. The Balaban J connectivity index is 1.48. The molecule has 0 saturated carbocycles. The fraction of sp³-hybridized carbons (Fsp3) is 0.269. The number of likely N-dealkylation sites (tertiary alicyclic amines) is 1. The van der Waals surface area contributed by atoms with Gasteiger partial charge in [-0.25, -0.2) is 0 Å². The summed E-state index contributed by atoms with van der Waals surface area (Å²) >= 11 is 0. The number of nitrogens with zero attached hydrogens (tertiary/aromatic N) is 2. The lowest BCUT2D eigenvalue weighted by atomic mass is 9.95. The minimum Gasteiger partial charge on any atom is -0.398 e. The number of rotatable bonds is 7. The summed E-state index contributed by atoms with van der Waals surface area (Å²) in [4.78, 5) is 6.67. The molecular formula is C26H29N5. The highest BCUT2D eigenvalue weighted by Gasteiger charge is 2.15. The standard InChI is InChI=1S/C26H29N5/c27-24-10-9-21(22-8-5-11-30-17-22)16-23(24)26(29)25(28)15-19-6-4-7-20(14-19)18-31-12-2-1-3-13-31/h4-11,14,16-17,28-29H,1-3,12-13,15,18,27H2. The van der Waals surface area contributed by atoms with Crippen LogP contribution in [0.3, 0.4) is 0 Å². The van der Waals surface area contributed by atoms with Crippen LogP contribution in [0.25, 0.3) is 11.1 Å². The number of nitrogens with one attached hydrogen (secondary N) is 2. The molecule has 0 aliphatic carbocycles. The first-order chi connectivity index (χ1) is 15.1. The van der Waals surface area contributed by atoms with Crippen molar-refractivity contribution in [1.82, 2.24) is 9.88 Å². The number of anilines is 1. The summed E-state index contributed by atoms with van der Waals surface area (Å²) in [5, 5.41) is 17.2. The molecule has 0 spiro atoms. The predicted octanol–water partition coefficient (Wildman–Crippen LogP) is 4.95. The number of hydrogen-bond acceptors (Lipinski definition) is 5. The van der Waals surface area contributed by atoms with Crippen LogP contribution in [0, 0.1) is 10.8 Å². The molecule has 0 atom stereocenters. The molecule has 1 aliphatic rings. The second kappa shape index (κ2) is 9.67. The van der Waals surface area contributed by atoms with E-state index in [-0.39, 0.29) is 11.4 Å². The Morgan fingerprint density at radius 2 is 1.71 bits per heavy atom. The van der Waals surface area contributed by atoms with Crippen molar-refractivity contribution in [2.45, 2.75) is 32.2 Å². The summed E-state index contributed by atoms with van der Waals surface area (Å²) in [6.45, 7) is 3.28. The van der Waals surface area contributed by atoms with Gasteiger partial charge in [-0.2, -0.15) is 0 Å². The topological polar surface area (TPSA) is 89.9 Å². The van der Waals surface area contributed by atoms with Gasteiger partial charge in [-0.05, 0) is 60.8 Å². The van der Waals surface area contributed by atoms with E-state index >= 15 is 0 Å². The largest absolute Gasteiger partial charge is 0.398 e. The molecule has 1 aliphatic heterocycles. The number of nitrogens with two attached hydrogens (primary N) is 1. The van der Waals surface area contributed by atoms with Crippen molar-refractivity contribution in [1.29, 1.82) is 10.8 Å². The van der Waals surface area contributed by atoms with Crippen LogP contribution in [0.1, 0.15) is 36.0 Å². The van der Waals surface area contributed by atoms with Crippen LogP contribution in [0.2, 0.25) is 0 Å². The Bertz CT molecular complexity index is 1070. The lowest BCUT2D eigenvalue weighted by molar-refractivity contribution is 0.221. The molecule has 4 rings (SSSR count). The molecule has 0 amide bonds. The highest BCUT2D eigenvalue weighted by molar-refractivity contribution is 6.47. The molecule has 5 nitrogen and oxygen atoms in total. The summed E-state index contributed by atoms with van der Waals surface area (Å²) in [6, 6.07) is 17.9. The minimum atomic E-state index is 0.171. The molecule has 2 heterocycles. The minimum absolute atomic E-state index is 0.171. The van der Waals surface area contributed by atoms with Gasteiger partial charge in [0.15, 0.2) is 0 Å². The Kier molecular flexibility index (Phi) is 6.53. The summed E-state index contributed by atoms with van der Waals surface area (Å²) < 4.78 is 0. The number of hydrogen-bond donors (Lipinski definition) is 3. The first kappa shape index (κ1) is 20.9. The van der Waals surface area contributed by atoms with E-state index in [9.17, 15) is 0 Å². The van der Waals surface area contributed by atoms with Crippen molar-refractivity contribution in [2.24, 2.45) is 0 Å². The molecule has 1 aromatic heterocycles. The van der Waals surface area contributed by atoms with Crippen molar-refractivity contribution >= 4 is 17.1 Å². The maximum atomic E-state index is 8.62. The molecule has 0 radical (unpaired) electrons. The average molecular weight is 412 g/mol. The lowest BCUT2D eigenvalue weighted by Gasteiger charge is -2.26. The van der Waals surface area contributed by atoms with E-state index in [0.29, 0.717) is 17.7 Å². The van der Waals surface area contributed by atoms with E-state index in [0.717, 1.165) is 36.3 Å². The second-order valence-electron chi connectivity index (χ2n) is 8.23. The molecule has 31 heavy (non-hydrogen) atoms. The fourth-order valence-corrected chi connectivity index (χ4v) is 4.15. The number of pyridine rings is 1. The average Bonchev–Trinajstić information content (AvgIpc) is 2.80. The Morgan fingerprint density at radius 1 is 0.903 bits per heavy atom. The monoisotopic (exact) mass is 411 g/mol. The number of nitrogen functional groups attached to an aromatic ring is 1. The maximum absolute atomic E-state index is 8.62. The van der Waals surface area contributed by atoms with E-state index in [4.69, 9.17) is 16.6 Å². The second-order valence-corrected chi connectivity index (χ2v) is 8.23. The fourth-order valence-electron chi connectivity index (χ4n) is 4.15. The van der Waals surface area contributed by atoms with Gasteiger partial charge in [0.1, 0.15) is 0 Å². The third-order valence-electron chi connectivity index (χ3n) is 5.85. The van der Waals surface area contributed by atoms with Crippen LogP contribution >= 0.6 is 0 Å².